The van der Waals surface area contributed by atoms with E-state index in [0.717, 1.165) is 22.4 Å². The minimum absolute atomic E-state index is 0.660. The van der Waals surface area contributed by atoms with Gasteiger partial charge in [0.25, 0.3) is 0 Å². The van der Waals surface area contributed by atoms with E-state index < -0.39 is 0 Å². The highest BCUT2D eigenvalue weighted by molar-refractivity contribution is 7.71. The maximum Gasteiger partial charge on any atom is 0.132 e. The minimum Gasteiger partial charge on any atom is -0.347 e. The zero-order chi connectivity index (χ0) is 9.42. The maximum atomic E-state index is 5.21. The van der Waals surface area contributed by atoms with Crippen LogP contribution in [0.5, 0.6) is 0 Å². The van der Waals surface area contributed by atoms with E-state index in [4.69, 9.17) is 12.2 Å². The van der Waals surface area contributed by atoms with Crippen molar-refractivity contribution in [1.82, 2.24) is 9.97 Å². The van der Waals surface area contributed by atoms with Crippen molar-refractivity contribution >= 4 is 12.2 Å². The summed E-state index contributed by atoms with van der Waals surface area (Å²) in [5.74, 6) is 1.76. The highest BCUT2D eigenvalue weighted by Gasteiger charge is 2.26. The van der Waals surface area contributed by atoms with Gasteiger partial charge in [-0.1, -0.05) is 19.1 Å². The van der Waals surface area contributed by atoms with E-state index in [0.29, 0.717) is 5.92 Å². The molecule has 1 aromatic heterocycles. The molecule has 1 N–H and O–H groups in total. The van der Waals surface area contributed by atoms with Gasteiger partial charge >= 0.3 is 0 Å². The van der Waals surface area contributed by atoms with Crippen molar-refractivity contribution in [3.8, 4) is 0 Å². The zero-order valence-corrected chi connectivity index (χ0v) is 8.87. The fourth-order valence-corrected chi connectivity index (χ4v) is 1.72. The second-order valence-corrected chi connectivity index (χ2v) is 4.05. The van der Waals surface area contributed by atoms with Gasteiger partial charge in [-0.2, -0.15) is 0 Å². The zero-order valence-electron chi connectivity index (χ0n) is 8.05. The lowest BCUT2D eigenvalue weighted by molar-refractivity contribution is 0.857. The number of hydrogen-bond acceptors (Lipinski definition) is 2. The molecule has 1 aromatic rings. The number of aromatic amines is 1. The normalized spacial score (nSPS) is 16.2. The number of hydrogen-bond donors (Lipinski definition) is 1. The van der Waals surface area contributed by atoms with Gasteiger partial charge in [0.15, 0.2) is 0 Å². The van der Waals surface area contributed by atoms with Gasteiger partial charge in [-0.15, -0.1) is 0 Å². The van der Waals surface area contributed by atoms with Crippen molar-refractivity contribution in [3.05, 3.63) is 21.7 Å². The largest absolute Gasteiger partial charge is 0.347 e. The summed E-state index contributed by atoms with van der Waals surface area (Å²) in [7, 11) is 0. The number of H-pyrrole nitrogens is 1. The molecule has 0 radical (unpaired) electrons. The fourth-order valence-electron chi connectivity index (χ4n) is 1.50. The topological polar surface area (TPSA) is 28.7 Å². The lowest BCUT2D eigenvalue weighted by Crippen LogP contribution is -2.01. The predicted molar refractivity (Wildman–Crippen MR) is 55.5 cm³/mol. The van der Waals surface area contributed by atoms with Crippen LogP contribution in [-0.2, 0) is 6.42 Å². The van der Waals surface area contributed by atoms with Crippen LogP contribution in [-0.4, -0.2) is 9.97 Å². The molecule has 0 atom stereocenters. The van der Waals surface area contributed by atoms with Gasteiger partial charge in [-0.05, 0) is 26.2 Å². The molecule has 1 heterocycles. The Balaban J connectivity index is 2.50. The van der Waals surface area contributed by atoms with E-state index in [1.807, 2.05) is 6.92 Å². The molecular weight excluding hydrogens is 180 g/mol. The Morgan fingerprint density at radius 3 is 2.77 bits per heavy atom. The molecular formula is C10H14N2S. The first kappa shape index (κ1) is 8.88. The molecule has 0 unspecified atom stereocenters. The highest BCUT2D eigenvalue weighted by atomic mass is 32.1. The summed E-state index contributed by atoms with van der Waals surface area (Å²) in [5.41, 5.74) is 2.39. The summed E-state index contributed by atoms with van der Waals surface area (Å²) in [6, 6.07) is 0. The van der Waals surface area contributed by atoms with Crippen LogP contribution in [0.1, 0.15) is 42.8 Å². The fraction of sp³-hybridized carbons (Fsp3) is 0.600. The molecule has 2 nitrogen and oxygen atoms in total. The molecule has 13 heavy (non-hydrogen) atoms. The van der Waals surface area contributed by atoms with E-state index in [2.05, 4.69) is 16.9 Å². The summed E-state index contributed by atoms with van der Waals surface area (Å²) >= 11 is 5.21. The van der Waals surface area contributed by atoms with Gasteiger partial charge in [0, 0.05) is 17.2 Å². The van der Waals surface area contributed by atoms with Crippen molar-refractivity contribution < 1.29 is 0 Å². The number of aryl methyl sites for hydroxylation is 1. The third-order valence-electron chi connectivity index (χ3n) is 2.59. The van der Waals surface area contributed by atoms with Crippen LogP contribution in [0.25, 0.3) is 0 Å². The first-order valence-corrected chi connectivity index (χ1v) is 5.23. The summed E-state index contributed by atoms with van der Waals surface area (Å²) in [5, 5.41) is 0. The Morgan fingerprint density at radius 2 is 2.23 bits per heavy atom. The van der Waals surface area contributed by atoms with E-state index in [-0.39, 0.29) is 0 Å². The number of aromatic nitrogens is 2. The average molecular weight is 194 g/mol. The van der Waals surface area contributed by atoms with Crippen LogP contribution in [0, 0.1) is 11.6 Å². The van der Waals surface area contributed by atoms with Gasteiger partial charge in [0.05, 0.1) is 0 Å². The Kier molecular flexibility index (Phi) is 2.20. The van der Waals surface area contributed by atoms with E-state index in [1.54, 1.807) is 0 Å². The molecule has 0 aliphatic heterocycles. The molecule has 1 saturated carbocycles. The highest BCUT2D eigenvalue weighted by Crippen LogP contribution is 2.38. The second-order valence-electron chi connectivity index (χ2n) is 3.66. The number of rotatable bonds is 2. The summed E-state index contributed by atoms with van der Waals surface area (Å²) in [4.78, 5) is 7.79. The third-order valence-corrected chi connectivity index (χ3v) is 2.99. The standard InChI is InChI=1S/C10H14N2S/c1-3-8-6(2)10(13)12-9(11-8)7-4-5-7/h7H,3-5H2,1-2H3,(H,11,12,13). The molecule has 1 aliphatic carbocycles. The van der Waals surface area contributed by atoms with Crippen LogP contribution in [0.4, 0.5) is 0 Å². The Bertz CT molecular complexity index is 377. The number of nitrogens with one attached hydrogen (secondary N) is 1. The molecule has 70 valence electrons. The quantitative estimate of drug-likeness (QED) is 0.733. The summed E-state index contributed by atoms with van der Waals surface area (Å²) in [6.45, 7) is 4.19. The average Bonchev–Trinajstić information content (AvgIpc) is 2.92. The molecule has 2 rings (SSSR count). The Morgan fingerprint density at radius 1 is 1.54 bits per heavy atom. The third kappa shape index (κ3) is 1.66. The molecule has 1 fully saturated rings. The van der Waals surface area contributed by atoms with Crippen LogP contribution < -0.4 is 0 Å². The monoisotopic (exact) mass is 194 g/mol. The van der Waals surface area contributed by atoms with Crippen LogP contribution >= 0.6 is 12.2 Å². The first-order chi connectivity index (χ1) is 6.22. The van der Waals surface area contributed by atoms with Gasteiger partial charge in [0.1, 0.15) is 10.5 Å². The maximum absolute atomic E-state index is 5.21. The second kappa shape index (κ2) is 3.22. The van der Waals surface area contributed by atoms with Gasteiger partial charge in [0.2, 0.25) is 0 Å². The van der Waals surface area contributed by atoms with Crippen molar-refractivity contribution in [1.29, 1.82) is 0 Å². The lowest BCUT2D eigenvalue weighted by Gasteiger charge is -2.06. The van der Waals surface area contributed by atoms with Crippen molar-refractivity contribution in [3.63, 3.8) is 0 Å². The van der Waals surface area contributed by atoms with Crippen LogP contribution in [0.3, 0.4) is 0 Å². The molecule has 0 spiro atoms. The first-order valence-electron chi connectivity index (χ1n) is 4.82. The summed E-state index contributed by atoms with van der Waals surface area (Å²) in [6.07, 6.45) is 3.55. The lowest BCUT2D eigenvalue weighted by atomic mass is 10.2. The number of nitrogens with zero attached hydrogens (tertiary/aromatic N) is 1. The van der Waals surface area contributed by atoms with E-state index in [9.17, 15) is 0 Å². The van der Waals surface area contributed by atoms with Gasteiger partial charge < -0.3 is 4.98 Å². The molecule has 3 heteroatoms. The van der Waals surface area contributed by atoms with Crippen molar-refractivity contribution in [2.24, 2.45) is 0 Å². The van der Waals surface area contributed by atoms with Crippen LogP contribution in [0.2, 0.25) is 0 Å². The van der Waals surface area contributed by atoms with E-state index in [1.165, 1.54) is 18.5 Å². The van der Waals surface area contributed by atoms with Crippen LogP contribution in [0.15, 0.2) is 0 Å². The van der Waals surface area contributed by atoms with Gasteiger partial charge in [-0.25, -0.2) is 4.98 Å². The molecule has 1 aliphatic rings. The predicted octanol–water partition coefficient (Wildman–Crippen LogP) is 2.89. The molecule has 0 aromatic carbocycles. The molecule has 0 amide bonds. The van der Waals surface area contributed by atoms with E-state index >= 15 is 0 Å². The molecule has 0 bridgehead atoms. The van der Waals surface area contributed by atoms with Crippen molar-refractivity contribution in [2.45, 2.75) is 39.0 Å². The molecule has 0 saturated heterocycles. The van der Waals surface area contributed by atoms with Gasteiger partial charge in [-0.3, -0.25) is 0 Å². The smallest absolute Gasteiger partial charge is 0.132 e. The van der Waals surface area contributed by atoms with Crippen molar-refractivity contribution in [2.75, 3.05) is 0 Å². The SMILES string of the molecule is CCc1[nH]c(C2CC2)nc(=S)c1C. The Labute approximate surface area is 83.4 Å². The summed E-state index contributed by atoms with van der Waals surface area (Å²) < 4.78 is 0.775. The Hall–Kier alpha value is -0.700. The minimum atomic E-state index is 0.660.